The lowest BCUT2D eigenvalue weighted by molar-refractivity contribution is 0.219. The van der Waals surface area contributed by atoms with E-state index >= 15 is 0 Å². The summed E-state index contributed by atoms with van der Waals surface area (Å²) in [6, 6.07) is 4.88. The van der Waals surface area contributed by atoms with Crippen LogP contribution in [0, 0.1) is 0 Å². The second-order valence-corrected chi connectivity index (χ2v) is 5.91. The van der Waals surface area contributed by atoms with E-state index in [0.29, 0.717) is 6.04 Å². The van der Waals surface area contributed by atoms with Gasteiger partial charge in [0.1, 0.15) is 0 Å². The molecule has 2 nitrogen and oxygen atoms in total. The van der Waals surface area contributed by atoms with Crippen molar-refractivity contribution >= 4 is 11.3 Å². The van der Waals surface area contributed by atoms with Crippen molar-refractivity contribution in [3.8, 4) is 0 Å². The summed E-state index contributed by atoms with van der Waals surface area (Å²) in [6.45, 7) is 6.35. The van der Waals surface area contributed by atoms with Gasteiger partial charge >= 0.3 is 0 Å². The Balaban J connectivity index is 2.15. The maximum atomic E-state index is 5.50. The normalized spacial score (nSPS) is 17.1. The average molecular weight is 265 g/mol. The smallest absolute Gasteiger partial charge is 0.0876 e. The molecule has 0 bridgehead atoms. The minimum Gasteiger partial charge on any atom is -0.501 e. The molecule has 100 valence electrons. The van der Waals surface area contributed by atoms with Crippen molar-refractivity contribution in [3.05, 3.63) is 33.7 Å². The van der Waals surface area contributed by atoms with Gasteiger partial charge in [0, 0.05) is 9.75 Å². The van der Waals surface area contributed by atoms with Crippen LogP contribution in [0.5, 0.6) is 0 Å². The van der Waals surface area contributed by atoms with Crippen molar-refractivity contribution < 1.29 is 4.74 Å². The molecule has 0 aliphatic carbocycles. The zero-order valence-corrected chi connectivity index (χ0v) is 12.2. The zero-order valence-electron chi connectivity index (χ0n) is 11.4. The Kier molecular flexibility index (Phi) is 5.26. The summed E-state index contributed by atoms with van der Waals surface area (Å²) in [7, 11) is 0. The summed E-state index contributed by atoms with van der Waals surface area (Å²) in [4.78, 5) is 2.89. The first-order valence-corrected chi connectivity index (χ1v) is 7.79. The number of aryl methyl sites for hydroxylation is 1. The molecule has 1 unspecified atom stereocenters. The highest BCUT2D eigenvalue weighted by molar-refractivity contribution is 7.12. The molecule has 0 saturated carbocycles. The fourth-order valence-corrected chi connectivity index (χ4v) is 3.31. The zero-order chi connectivity index (χ0) is 12.8. The van der Waals surface area contributed by atoms with Crippen LogP contribution in [0.1, 0.15) is 48.9 Å². The van der Waals surface area contributed by atoms with E-state index < -0.39 is 0 Å². The molecule has 18 heavy (non-hydrogen) atoms. The molecule has 3 heteroatoms. The van der Waals surface area contributed by atoms with Gasteiger partial charge in [-0.05, 0) is 49.9 Å². The van der Waals surface area contributed by atoms with Gasteiger partial charge in [-0.15, -0.1) is 11.3 Å². The number of hydrogen-bond acceptors (Lipinski definition) is 3. The minimum atomic E-state index is 0.357. The number of nitrogens with one attached hydrogen (secondary N) is 1. The molecule has 2 heterocycles. The van der Waals surface area contributed by atoms with Crippen LogP contribution in [0.25, 0.3) is 0 Å². The molecule has 1 aromatic rings. The largest absolute Gasteiger partial charge is 0.501 e. The van der Waals surface area contributed by atoms with E-state index in [1.165, 1.54) is 15.3 Å². The molecular weight excluding hydrogens is 242 g/mol. The second kappa shape index (κ2) is 6.95. The third-order valence-corrected chi connectivity index (χ3v) is 4.54. The molecule has 0 saturated heterocycles. The van der Waals surface area contributed by atoms with E-state index in [1.54, 1.807) is 0 Å². The Hall–Kier alpha value is -0.800. The molecule has 2 rings (SSSR count). The van der Waals surface area contributed by atoms with Crippen LogP contribution in [-0.4, -0.2) is 13.2 Å². The van der Waals surface area contributed by atoms with Crippen molar-refractivity contribution in [1.29, 1.82) is 0 Å². The first-order chi connectivity index (χ1) is 8.85. The van der Waals surface area contributed by atoms with Crippen molar-refractivity contribution in [1.82, 2.24) is 5.32 Å². The fraction of sp³-hybridized carbons (Fsp3) is 0.600. The lowest BCUT2D eigenvalue weighted by Gasteiger charge is -2.23. The minimum absolute atomic E-state index is 0.357. The van der Waals surface area contributed by atoms with Crippen molar-refractivity contribution in [3.63, 3.8) is 0 Å². The molecule has 0 amide bonds. The summed E-state index contributed by atoms with van der Waals surface area (Å²) in [5.41, 5.74) is 1.40. The Morgan fingerprint density at radius 3 is 2.89 bits per heavy atom. The Bertz CT molecular complexity index is 397. The van der Waals surface area contributed by atoms with Crippen LogP contribution in [0.2, 0.25) is 0 Å². The summed E-state index contributed by atoms with van der Waals surface area (Å²) < 4.78 is 5.50. The highest BCUT2D eigenvalue weighted by Gasteiger charge is 2.19. The third kappa shape index (κ3) is 3.36. The average Bonchev–Trinajstić information content (AvgIpc) is 2.89. The maximum Gasteiger partial charge on any atom is 0.0876 e. The Labute approximate surface area is 114 Å². The van der Waals surface area contributed by atoms with Crippen LogP contribution in [0.3, 0.4) is 0 Å². The van der Waals surface area contributed by atoms with Gasteiger partial charge in [0.05, 0.1) is 18.9 Å². The molecule has 1 N–H and O–H groups in total. The topological polar surface area (TPSA) is 21.3 Å². The van der Waals surface area contributed by atoms with E-state index in [1.807, 2.05) is 17.6 Å². The highest BCUT2D eigenvalue weighted by atomic mass is 32.1. The van der Waals surface area contributed by atoms with E-state index in [9.17, 15) is 0 Å². The SMILES string of the molecule is CCCNC(C1=COCCC1)c1ccc(CC)s1. The highest BCUT2D eigenvalue weighted by Crippen LogP contribution is 2.32. The molecule has 0 radical (unpaired) electrons. The molecule has 1 atom stereocenters. The summed E-state index contributed by atoms with van der Waals surface area (Å²) in [5.74, 6) is 0. The number of thiophene rings is 1. The van der Waals surface area contributed by atoms with Gasteiger partial charge in [-0.1, -0.05) is 13.8 Å². The van der Waals surface area contributed by atoms with Crippen LogP contribution in [0.15, 0.2) is 24.0 Å². The van der Waals surface area contributed by atoms with Gasteiger partial charge < -0.3 is 10.1 Å². The van der Waals surface area contributed by atoms with Gasteiger partial charge in [-0.3, -0.25) is 0 Å². The monoisotopic (exact) mass is 265 g/mol. The molecule has 1 aliphatic heterocycles. The van der Waals surface area contributed by atoms with Crippen LogP contribution in [-0.2, 0) is 11.2 Å². The Morgan fingerprint density at radius 2 is 2.28 bits per heavy atom. The van der Waals surface area contributed by atoms with Gasteiger partial charge in [0.15, 0.2) is 0 Å². The number of hydrogen-bond donors (Lipinski definition) is 1. The van der Waals surface area contributed by atoms with E-state index in [0.717, 1.165) is 38.8 Å². The number of rotatable bonds is 6. The van der Waals surface area contributed by atoms with Crippen LogP contribution in [0.4, 0.5) is 0 Å². The first kappa shape index (κ1) is 13.6. The predicted molar refractivity (Wildman–Crippen MR) is 78.0 cm³/mol. The van der Waals surface area contributed by atoms with Gasteiger partial charge in [-0.2, -0.15) is 0 Å². The van der Waals surface area contributed by atoms with Crippen molar-refractivity contribution in [2.75, 3.05) is 13.2 Å². The van der Waals surface area contributed by atoms with Crippen molar-refractivity contribution in [2.24, 2.45) is 0 Å². The van der Waals surface area contributed by atoms with Crippen molar-refractivity contribution in [2.45, 2.75) is 45.6 Å². The molecule has 0 spiro atoms. The van der Waals surface area contributed by atoms with E-state index in [4.69, 9.17) is 4.74 Å². The van der Waals surface area contributed by atoms with Crippen LogP contribution >= 0.6 is 11.3 Å². The summed E-state index contributed by atoms with van der Waals surface area (Å²) in [5, 5.41) is 3.65. The number of ether oxygens (including phenoxy) is 1. The molecule has 1 aromatic heterocycles. The van der Waals surface area contributed by atoms with E-state index in [2.05, 4.69) is 31.3 Å². The van der Waals surface area contributed by atoms with Gasteiger partial charge in [0.25, 0.3) is 0 Å². The molecule has 0 fully saturated rings. The molecule has 1 aliphatic rings. The lowest BCUT2D eigenvalue weighted by Crippen LogP contribution is -2.24. The molecular formula is C15H23NOS. The predicted octanol–water partition coefficient (Wildman–Crippen LogP) is 4.05. The lowest BCUT2D eigenvalue weighted by atomic mass is 10.0. The fourth-order valence-electron chi connectivity index (χ4n) is 2.24. The van der Waals surface area contributed by atoms with Gasteiger partial charge in [-0.25, -0.2) is 0 Å². The Morgan fingerprint density at radius 1 is 1.39 bits per heavy atom. The van der Waals surface area contributed by atoms with E-state index in [-0.39, 0.29) is 0 Å². The maximum absolute atomic E-state index is 5.50. The summed E-state index contributed by atoms with van der Waals surface area (Å²) in [6.07, 6.45) is 6.56. The third-order valence-electron chi connectivity index (χ3n) is 3.25. The first-order valence-electron chi connectivity index (χ1n) is 6.97. The second-order valence-electron chi connectivity index (χ2n) is 4.71. The summed E-state index contributed by atoms with van der Waals surface area (Å²) >= 11 is 1.93. The molecule has 0 aromatic carbocycles. The van der Waals surface area contributed by atoms with Gasteiger partial charge in [0.2, 0.25) is 0 Å². The quantitative estimate of drug-likeness (QED) is 0.838. The standard InChI is InChI=1S/C15H23NOS/c1-3-9-16-15(12-6-5-10-17-11-12)14-8-7-13(4-2)18-14/h7-8,11,15-16H,3-6,9-10H2,1-2H3. The van der Waals surface area contributed by atoms with Crippen LogP contribution < -0.4 is 5.32 Å².